The Morgan fingerprint density at radius 2 is 1.97 bits per heavy atom. The molecule has 0 amide bonds. The van der Waals surface area contributed by atoms with E-state index in [9.17, 15) is 29.2 Å². The second-order valence-electron chi connectivity index (χ2n) is 8.69. The molecule has 2 heterocycles. The standard InChI is InChI=1S/C22H29FN3O10P/c1-13(2)34-17(28)14(3)25-37(32,36-15-8-6-5-7-9-15)33-12-22(23)18(29)21(4,31)19(35-22)26-11-10-16(27)24-20(26)30/h5-11,13-14,18-19,29,31H,12H2,1-4H3,(H,25,32)(H,24,27,30)/t14-,18+,19-,21-,22-,37?/m1/s1/i12D2. The summed E-state index contributed by atoms with van der Waals surface area (Å²) in [5.41, 5.74) is -4.67. The van der Waals surface area contributed by atoms with E-state index in [1.807, 2.05) is 4.98 Å². The van der Waals surface area contributed by atoms with Crippen molar-refractivity contribution in [2.24, 2.45) is 0 Å². The van der Waals surface area contributed by atoms with Crippen molar-refractivity contribution < 1.29 is 45.2 Å². The lowest BCUT2D eigenvalue weighted by Gasteiger charge is -2.29. The molecule has 204 valence electrons. The predicted octanol–water partition coefficient (Wildman–Crippen LogP) is 0.976. The van der Waals surface area contributed by atoms with Crippen LogP contribution in [0.5, 0.6) is 5.75 Å². The Hall–Kier alpha value is -2.87. The molecule has 1 fully saturated rings. The fraction of sp³-hybridized carbons (Fsp3) is 0.500. The number of alkyl halides is 1. The van der Waals surface area contributed by atoms with Crippen LogP contribution in [-0.2, 0) is 23.4 Å². The number of aromatic amines is 1. The molecule has 0 saturated carbocycles. The van der Waals surface area contributed by atoms with Gasteiger partial charge >= 0.3 is 19.4 Å². The summed E-state index contributed by atoms with van der Waals surface area (Å²) in [6, 6.07) is 6.62. The molecule has 0 radical (unpaired) electrons. The summed E-state index contributed by atoms with van der Waals surface area (Å²) in [5, 5.41) is 23.7. The van der Waals surface area contributed by atoms with E-state index in [2.05, 4.69) is 5.09 Å². The van der Waals surface area contributed by atoms with E-state index < -0.39 is 67.5 Å². The number of ether oxygens (including phenoxy) is 2. The van der Waals surface area contributed by atoms with Crippen molar-refractivity contribution in [3.63, 3.8) is 0 Å². The van der Waals surface area contributed by atoms with Crippen molar-refractivity contribution in [1.82, 2.24) is 14.6 Å². The van der Waals surface area contributed by atoms with Crippen LogP contribution in [0.4, 0.5) is 4.39 Å². The molecule has 1 aliphatic heterocycles. The summed E-state index contributed by atoms with van der Waals surface area (Å²) in [6.45, 7) is 1.30. The van der Waals surface area contributed by atoms with Gasteiger partial charge in [-0.1, -0.05) is 18.2 Å². The lowest BCUT2D eigenvalue weighted by molar-refractivity contribution is -0.204. The molecule has 0 spiro atoms. The summed E-state index contributed by atoms with van der Waals surface area (Å²) in [5.74, 6) is -5.02. The molecule has 4 N–H and O–H groups in total. The molecule has 37 heavy (non-hydrogen) atoms. The topological polar surface area (TPSA) is 178 Å². The van der Waals surface area contributed by atoms with Crippen LogP contribution in [0.3, 0.4) is 0 Å². The number of H-pyrrole nitrogens is 1. The molecule has 1 aromatic carbocycles. The minimum atomic E-state index is -5.04. The minimum absolute atomic E-state index is 0.126. The number of aromatic nitrogens is 2. The summed E-state index contributed by atoms with van der Waals surface area (Å²) >= 11 is 0. The van der Waals surface area contributed by atoms with Crippen LogP contribution in [0, 0.1) is 0 Å². The Morgan fingerprint density at radius 1 is 1.32 bits per heavy atom. The zero-order valence-corrected chi connectivity index (χ0v) is 21.2. The molecule has 1 aromatic heterocycles. The normalized spacial score (nSPS) is 29.2. The maximum absolute atomic E-state index is 16.2. The molecule has 0 bridgehead atoms. The highest BCUT2D eigenvalue weighted by Gasteiger charge is 2.63. The van der Waals surface area contributed by atoms with Crippen LogP contribution in [-0.4, -0.2) is 62.0 Å². The van der Waals surface area contributed by atoms with Crippen molar-refractivity contribution >= 4 is 13.7 Å². The van der Waals surface area contributed by atoms with Crippen LogP contribution >= 0.6 is 7.75 Å². The van der Waals surface area contributed by atoms with Gasteiger partial charge in [-0.15, -0.1) is 0 Å². The van der Waals surface area contributed by atoms with Gasteiger partial charge in [-0.2, -0.15) is 5.09 Å². The maximum atomic E-state index is 16.2. The number of rotatable bonds is 10. The lowest BCUT2D eigenvalue weighted by atomic mass is 9.95. The van der Waals surface area contributed by atoms with E-state index in [1.54, 1.807) is 19.9 Å². The third-order valence-corrected chi connectivity index (χ3v) is 6.61. The van der Waals surface area contributed by atoms with Gasteiger partial charge in [-0.25, -0.2) is 13.8 Å². The fourth-order valence-electron chi connectivity index (χ4n) is 3.33. The number of nitrogens with one attached hydrogen (secondary N) is 2. The number of nitrogens with zero attached hydrogens (tertiary/aromatic N) is 1. The van der Waals surface area contributed by atoms with Crippen LogP contribution in [0.2, 0.25) is 0 Å². The van der Waals surface area contributed by atoms with E-state index in [4.69, 9.17) is 21.3 Å². The summed E-state index contributed by atoms with van der Waals surface area (Å²) in [7, 11) is -5.04. The molecule has 1 aliphatic rings. The highest BCUT2D eigenvalue weighted by Crippen LogP contribution is 2.50. The summed E-state index contributed by atoms with van der Waals surface area (Å²) in [6.07, 6.45) is -4.54. The van der Waals surface area contributed by atoms with Gasteiger partial charge < -0.3 is 24.2 Å². The van der Waals surface area contributed by atoms with Gasteiger partial charge in [0.05, 0.1) is 8.85 Å². The number of hydrogen-bond donors (Lipinski definition) is 4. The maximum Gasteiger partial charge on any atom is 0.459 e. The van der Waals surface area contributed by atoms with Crippen molar-refractivity contribution in [2.45, 2.75) is 63.6 Å². The zero-order valence-electron chi connectivity index (χ0n) is 22.3. The number of aliphatic hydroxyl groups is 2. The SMILES string of the molecule is [2H]C([2H])(OP(=O)(N[C@H](C)C(=O)OC(C)C)Oc1ccccc1)[C@@]1(F)O[C@@H](n2ccc(=O)[nH]c2=O)[C@](C)(O)[C@@H]1O. The third kappa shape index (κ3) is 6.53. The average molecular weight is 547 g/mol. The molecular weight excluding hydrogens is 516 g/mol. The number of carbonyl (C=O) groups excluding carboxylic acids is 1. The largest absolute Gasteiger partial charge is 0.462 e. The quantitative estimate of drug-likeness (QED) is 0.246. The number of carbonyl (C=O) groups is 1. The molecule has 2 aromatic rings. The summed E-state index contributed by atoms with van der Waals surface area (Å²) in [4.78, 5) is 37.8. The molecule has 3 rings (SSSR count). The molecule has 0 aliphatic carbocycles. The zero-order chi connectivity index (χ0) is 29.4. The number of hydrogen-bond acceptors (Lipinski definition) is 10. The van der Waals surface area contributed by atoms with Crippen LogP contribution < -0.4 is 20.9 Å². The number of halogens is 1. The van der Waals surface area contributed by atoms with Crippen LogP contribution in [0.25, 0.3) is 0 Å². The average Bonchev–Trinajstić information content (AvgIpc) is 3.00. The Kier molecular flexibility index (Phi) is 7.56. The van der Waals surface area contributed by atoms with Crippen molar-refractivity contribution in [3.05, 3.63) is 63.4 Å². The van der Waals surface area contributed by atoms with Gasteiger partial charge in [-0.05, 0) is 39.8 Å². The monoisotopic (exact) mass is 547 g/mol. The predicted molar refractivity (Wildman–Crippen MR) is 126 cm³/mol. The Bertz CT molecular complexity index is 1360. The Morgan fingerprint density at radius 3 is 2.57 bits per heavy atom. The van der Waals surface area contributed by atoms with Gasteiger partial charge in [0.15, 0.2) is 6.23 Å². The van der Waals surface area contributed by atoms with Gasteiger partial charge in [0.2, 0.25) is 0 Å². The van der Waals surface area contributed by atoms with Gasteiger partial charge in [0.1, 0.15) is 30.1 Å². The van der Waals surface area contributed by atoms with Crippen molar-refractivity contribution in [2.75, 3.05) is 6.56 Å². The second kappa shape index (κ2) is 10.9. The van der Waals surface area contributed by atoms with Gasteiger partial charge in [-0.3, -0.25) is 23.7 Å². The van der Waals surface area contributed by atoms with Gasteiger partial charge in [0.25, 0.3) is 11.4 Å². The van der Waals surface area contributed by atoms with E-state index in [1.165, 1.54) is 31.2 Å². The number of esters is 1. The molecule has 6 atom stereocenters. The Labute approximate surface area is 213 Å². The highest BCUT2D eigenvalue weighted by molar-refractivity contribution is 7.52. The number of aliphatic hydroxyl groups excluding tert-OH is 1. The second-order valence-corrected chi connectivity index (χ2v) is 10.3. The molecule has 1 unspecified atom stereocenters. The van der Waals surface area contributed by atoms with Crippen LogP contribution in [0.1, 0.15) is 36.7 Å². The minimum Gasteiger partial charge on any atom is -0.462 e. The van der Waals surface area contributed by atoms with Crippen LogP contribution in [0.15, 0.2) is 52.2 Å². The van der Waals surface area contributed by atoms with Crippen molar-refractivity contribution in [3.8, 4) is 5.75 Å². The lowest BCUT2D eigenvalue weighted by Crippen LogP contribution is -2.50. The first-order valence-electron chi connectivity index (χ1n) is 12.0. The Balaban J connectivity index is 1.99. The van der Waals surface area contributed by atoms with E-state index in [0.717, 1.165) is 19.2 Å². The first kappa shape index (κ1) is 25.8. The first-order chi connectivity index (χ1) is 17.9. The van der Waals surface area contributed by atoms with Crippen molar-refractivity contribution in [1.29, 1.82) is 0 Å². The molecule has 15 heteroatoms. The molecule has 1 saturated heterocycles. The highest BCUT2D eigenvalue weighted by atomic mass is 31.2. The first-order valence-corrected chi connectivity index (χ1v) is 12.6. The smallest absolute Gasteiger partial charge is 0.459 e. The van der Waals surface area contributed by atoms with Gasteiger partial charge in [0, 0.05) is 12.3 Å². The molecular formula is C22H29FN3O10P. The number of benzene rings is 1. The number of para-hydroxylation sites is 1. The van der Waals surface area contributed by atoms with E-state index >= 15 is 4.39 Å². The fourth-order valence-corrected chi connectivity index (χ4v) is 4.69. The third-order valence-electron chi connectivity index (χ3n) is 5.12. The van der Waals surface area contributed by atoms with E-state index in [-0.39, 0.29) is 5.75 Å². The molecule has 13 nitrogen and oxygen atoms in total. The van der Waals surface area contributed by atoms with E-state index in [0.29, 0.717) is 4.57 Å². The summed E-state index contributed by atoms with van der Waals surface area (Å²) < 4.78 is 67.4.